The zero-order valence-corrected chi connectivity index (χ0v) is 16.0. The third-order valence-corrected chi connectivity index (χ3v) is 5.42. The molecule has 0 atom stereocenters. The third-order valence-electron chi connectivity index (χ3n) is 4.11. The molecule has 1 aliphatic heterocycles. The van der Waals surface area contributed by atoms with Crippen LogP contribution in [-0.2, 0) is 4.79 Å². The highest BCUT2D eigenvalue weighted by atomic mass is 35.5. The van der Waals surface area contributed by atoms with Crippen LogP contribution in [0, 0.1) is 0 Å². The monoisotopic (exact) mass is 391 g/mol. The van der Waals surface area contributed by atoms with E-state index in [0.29, 0.717) is 21.6 Å². The summed E-state index contributed by atoms with van der Waals surface area (Å²) in [5.41, 5.74) is 3.50. The fraction of sp³-hybridized carbons (Fsp3) is 0.389. The Morgan fingerprint density at radius 3 is 2.81 bits per heavy atom. The van der Waals surface area contributed by atoms with E-state index in [9.17, 15) is 4.79 Å². The van der Waals surface area contributed by atoms with Gasteiger partial charge in [-0.2, -0.15) is 5.10 Å². The molecule has 2 heterocycles. The van der Waals surface area contributed by atoms with Crippen LogP contribution in [0.5, 0.6) is 0 Å². The Morgan fingerprint density at radius 1 is 1.27 bits per heavy atom. The minimum atomic E-state index is -0.0879. The highest BCUT2D eigenvalue weighted by Gasteiger charge is 2.11. The van der Waals surface area contributed by atoms with Crippen molar-refractivity contribution >= 4 is 45.9 Å². The van der Waals surface area contributed by atoms with Crippen LogP contribution in [0.25, 0.3) is 0 Å². The fourth-order valence-corrected chi connectivity index (χ4v) is 3.80. The van der Waals surface area contributed by atoms with Gasteiger partial charge in [0, 0.05) is 18.7 Å². The van der Waals surface area contributed by atoms with E-state index in [0.717, 1.165) is 25.3 Å². The first kappa shape index (κ1) is 18.8. The molecule has 1 aromatic heterocycles. The quantitative estimate of drug-likeness (QED) is 0.555. The van der Waals surface area contributed by atoms with E-state index in [1.165, 1.54) is 36.8 Å². The van der Waals surface area contributed by atoms with Crippen molar-refractivity contribution in [2.75, 3.05) is 25.0 Å². The summed E-state index contributed by atoms with van der Waals surface area (Å²) in [7, 11) is 0. The number of hydrogen-bond donors (Lipinski definition) is 2. The summed E-state index contributed by atoms with van der Waals surface area (Å²) in [5.74, 6) is -0.0879. The molecule has 8 heteroatoms. The number of para-hydroxylation sites is 1. The van der Waals surface area contributed by atoms with Crippen LogP contribution in [0.15, 0.2) is 35.4 Å². The van der Waals surface area contributed by atoms with Gasteiger partial charge in [-0.15, -0.1) is 0 Å². The molecule has 0 saturated carbocycles. The molecule has 0 bridgehead atoms. The van der Waals surface area contributed by atoms with Crippen molar-refractivity contribution in [3.05, 3.63) is 40.4 Å². The van der Waals surface area contributed by atoms with E-state index in [1.54, 1.807) is 0 Å². The highest BCUT2D eigenvalue weighted by Crippen LogP contribution is 2.27. The number of hydrazone groups is 1. The second kappa shape index (κ2) is 9.66. The van der Waals surface area contributed by atoms with Gasteiger partial charge in [0.15, 0.2) is 10.3 Å². The number of likely N-dealkylation sites (tertiary alicyclic amines) is 1. The lowest BCUT2D eigenvalue weighted by Gasteiger charge is -2.25. The number of carbonyl (C=O) groups excluding carboxylic acids is 1. The smallest absolute Gasteiger partial charge is 0.241 e. The number of rotatable bonds is 7. The van der Waals surface area contributed by atoms with Gasteiger partial charge < -0.3 is 10.2 Å². The molecule has 0 unspecified atom stereocenters. The molecule has 2 aromatic rings. The molecule has 6 nitrogen and oxygen atoms in total. The average Bonchev–Trinajstić information content (AvgIpc) is 3.01. The normalized spacial score (nSPS) is 15.3. The van der Waals surface area contributed by atoms with Gasteiger partial charge in [0.05, 0.1) is 11.1 Å². The first-order valence-electron chi connectivity index (χ1n) is 8.73. The van der Waals surface area contributed by atoms with Crippen LogP contribution in [-0.4, -0.2) is 41.6 Å². The van der Waals surface area contributed by atoms with Crippen molar-refractivity contribution in [1.82, 2.24) is 15.3 Å². The molecule has 3 rings (SSSR count). The van der Waals surface area contributed by atoms with E-state index >= 15 is 0 Å². The van der Waals surface area contributed by atoms with E-state index in [1.807, 2.05) is 30.3 Å². The van der Waals surface area contributed by atoms with E-state index in [-0.39, 0.29) is 5.91 Å². The number of nitrogens with zero attached hydrogens (tertiary/aromatic N) is 3. The van der Waals surface area contributed by atoms with Gasteiger partial charge in [-0.25, -0.2) is 10.4 Å². The predicted molar refractivity (Wildman–Crippen MR) is 107 cm³/mol. The van der Waals surface area contributed by atoms with Crippen molar-refractivity contribution in [2.45, 2.75) is 25.7 Å². The molecule has 26 heavy (non-hydrogen) atoms. The second-order valence-corrected chi connectivity index (χ2v) is 7.50. The molecule has 1 amide bonds. The maximum absolute atomic E-state index is 11.9. The maximum Gasteiger partial charge on any atom is 0.241 e. The van der Waals surface area contributed by atoms with Crippen LogP contribution >= 0.6 is 22.9 Å². The van der Waals surface area contributed by atoms with Gasteiger partial charge in [0.2, 0.25) is 5.91 Å². The number of hydrogen-bond acceptors (Lipinski definition) is 6. The minimum absolute atomic E-state index is 0.0879. The van der Waals surface area contributed by atoms with Gasteiger partial charge in [0.25, 0.3) is 0 Å². The summed E-state index contributed by atoms with van der Waals surface area (Å²) in [5, 5.41) is 8.23. The number of piperidine rings is 1. The van der Waals surface area contributed by atoms with Crippen molar-refractivity contribution in [2.24, 2.45) is 5.10 Å². The van der Waals surface area contributed by atoms with Gasteiger partial charge in [0.1, 0.15) is 0 Å². The molecule has 1 saturated heterocycles. The Hall–Kier alpha value is -1.96. The average molecular weight is 392 g/mol. The Balaban J connectivity index is 1.46. The number of benzene rings is 1. The van der Waals surface area contributed by atoms with Gasteiger partial charge >= 0.3 is 0 Å². The highest BCUT2D eigenvalue weighted by molar-refractivity contribution is 7.17. The van der Waals surface area contributed by atoms with Crippen LogP contribution in [0.3, 0.4) is 0 Å². The van der Waals surface area contributed by atoms with Crippen molar-refractivity contribution in [1.29, 1.82) is 0 Å². The lowest BCUT2D eigenvalue weighted by atomic mass is 10.1. The second-order valence-electron chi connectivity index (χ2n) is 6.11. The van der Waals surface area contributed by atoms with Gasteiger partial charge in [-0.05, 0) is 38.1 Å². The number of nitrogens with one attached hydrogen (secondary N) is 2. The first-order valence-corrected chi connectivity index (χ1v) is 9.93. The molecular weight excluding hydrogens is 370 g/mol. The number of halogens is 1. The molecule has 1 aromatic carbocycles. The van der Waals surface area contributed by atoms with Crippen LogP contribution in [0.2, 0.25) is 5.15 Å². The summed E-state index contributed by atoms with van der Waals surface area (Å²) >= 11 is 7.52. The number of aromatic nitrogens is 1. The molecule has 0 spiro atoms. The SMILES string of the molecule is O=C(CCN1CCCCC1)N/N=C/c1sc(Nc2ccccc2)nc1Cl. The molecule has 1 aliphatic rings. The van der Waals surface area contributed by atoms with Gasteiger partial charge in [-0.3, -0.25) is 4.79 Å². The topological polar surface area (TPSA) is 69.6 Å². The minimum Gasteiger partial charge on any atom is -0.331 e. The summed E-state index contributed by atoms with van der Waals surface area (Å²) < 4.78 is 0. The van der Waals surface area contributed by atoms with Gasteiger partial charge in [-0.1, -0.05) is 47.6 Å². The predicted octanol–water partition coefficient (Wildman–Crippen LogP) is 3.87. The summed E-state index contributed by atoms with van der Waals surface area (Å²) in [6, 6.07) is 9.74. The molecule has 0 aliphatic carbocycles. The maximum atomic E-state index is 11.9. The third kappa shape index (κ3) is 5.79. The molecular formula is C18H22ClN5OS. The Bertz CT molecular complexity index is 743. The number of carbonyl (C=O) groups is 1. The number of amides is 1. The lowest BCUT2D eigenvalue weighted by Crippen LogP contribution is -2.33. The van der Waals surface area contributed by atoms with Crippen molar-refractivity contribution < 1.29 is 4.79 Å². The Morgan fingerprint density at radius 2 is 2.04 bits per heavy atom. The van der Waals surface area contributed by atoms with E-state index < -0.39 is 0 Å². The number of thiazole rings is 1. The van der Waals surface area contributed by atoms with Crippen LogP contribution < -0.4 is 10.7 Å². The summed E-state index contributed by atoms with van der Waals surface area (Å²) in [6.45, 7) is 2.96. The van der Waals surface area contributed by atoms with Crippen molar-refractivity contribution in [3.63, 3.8) is 0 Å². The standard InChI is InChI=1S/C18H22ClN5OS/c19-17-15(26-18(22-17)21-14-7-3-1-4-8-14)13-20-23-16(25)9-12-24-10-5-2-6-11-24/h1,3-4,7-8,13H,2,5-6,9-12H2,(H,21,22)(H,23,25)/b20-13+. The molecule has 2 N–H and O–H groups in total. The molecule has 0 radical (unpaired) electrons. The number of anilines is 2. The largest absolute Gasteiger partial charge is 0.331 e. The zero-order valence-electron chi connectivity index (χ0n) is 14.4. The first-order chi connectivity index (χ1) is 12.7. The Kier molecular flexibility index (Phi) is 6.99. The van der Waals surface area contributed by atoms with E-state index in [4.69, 9.17) is 11.6 Å². The summed E-state index contributed by atoms with van der Waals surface area (Å²) in [6.07, 6.45) is 5.74. The molecule has 138 valence electrons. The van der Waals surface area contributed by atoms with E-state index in [2.05, 4.69) is 25.7 Å². The van der Waals surface area contributed by atoms with Crippen LogP contribution in [0.1, 0.15) is 30.6 Å². The Labute approximate surface area is 162 Å². The molecule has 1 fully saturated rings. The van der Waals surface area contributed by atoms with Crippen LogP contribution in [0.4, 0.5) is 10.8 Å². The summed E-state index contributed by atoms with van der Waals surface area (Å²) in [4.78, 5) is 19.2. The lowest BCUT2D eigenvalue weighted by molar-refractivity contribution is -0.121. The van der Waals surface area contributed by atoms with Crippen molar-refractivity contribution in [3.8, 4) is 0 Å². The fourth-order valence-electron chi connectivity index (χ4n) is 2.75. The zero-order chi connectivity index (χ0) is 18.2.